The van der Waals surface area contributed by atoms with Crippen LogP contribution in [0.15, 0.2) is 0 Å². The zero-order chi connectivity index (χ0) is 14.6. The van der Waals surface area contributed by atoms with Gasteiger partial charge in [-0.05, 0) is 55.8 Å². The summed E-state index contributed by atoms with van der Waals surface area (Å²) in [6.07, 6.45) is 9.93. The van der Waals surface area contributed by atoms with E-state index in [0.29, 0.717) is 36.3 Å². The fourth-order valence-electron chi connectivity index (χ4n) is 3.94. The number of aliphatic hydroxyl groups is 1. The Morgan fingerprint density at radius 1 is 1.15 bits per heavy atom. The van der Waals surface area contributed by atoms with Gasteiger partial charge < -0.3 is 10.4 Å². The van der Waals surface area contributed by atoms with Crippen molar-refractivity contribution in [2.75, 3.05) is 6.61 Å². The predicted octanol–water partition coefficient (Wildman–Crippen LogP) is 3.26. The topological polar surface area (TPSA) is 49.3 Å². The Kier molecular flexibility index (Phi) is 5.48. The van der Waals surface area contributed by atoms with Crippen molar-refractivity contribution in [1.82, 2.24) is 5.32 Å². The van der Waals surface area contributed by atoms with Gasteiger partial charge in [0.05, 0.1) is 0 Å². The highest BCUT2D eigenvalue weighted by Gasteiger charge is 2.34. The zero-order valence-corrected chi connectivity index (χ0v) is 13.2. The average Bonchev–Trinajstić information content (AvgIpc) is 2.42. The number of carbonyl (C=O) groups excluding carboxylic acids is 1. The molecule has 2 N–H and O–H groups in total. The van der Waals surface area contributed by atoms with Crippen LogP contribution in [-0.2, 0) is 4.79 Å². The summed E-state index contributed by atoms with van der Waals surface area (Å²) >= 11 is 0. The number of rotatable bonds is 4. The van der Waals surface area contributed by atoms with Gasteiger partial charge in [-0.3, -0.25) is 4.79 Å². The van der Waals surface area contributed by atoms with Crippen LogP contribution < -0.4 is 5.32 Å². The Morgan fingerprint density at radius 2 is 1.85 bits per heavy atom. The van der Waals surface area contributed by atoms with Gasteiger partial charge in [0.25, 0.3) is 0 Å². The zero-order valence-electron chi connectivity index (χ0n) is 13.2. The summed E-state index contributed by atoms with van der Waals surface area (Å²) in [5, 5.41) is 12.4. The van der Waals surface area contributed by atoms with Gasteiger partial charge >= 0.3 is 0 Å². The van der Waals surface area contributed by atoms with Gasteiger partial charge in [-0.2, -0.15) is 0 Å². The molecule has 0 aromatic rings. The molecule has 0 heterocycles. The molecule has 0 saturated heterocycles. The summed E-state index contributed by atoms with van der Waals surface area (Å²) in [7, 11) is 0. The standard InChI is InChI=1S/C17H31NO2/c1-17(2)10-4-3-5-14(17)11-16(20)18-15-8-6-13(12-19)7-9-15/h13-15,19H,3-12H2,1-2H3,(H,18,20). The molecule has 1 atom stereocenters. The summed E-state index contributed by atoms with van der Waals surface area (Å²) in [4.78, 5) is 12.3. The molecule has 0 aromatic heterocycles. The Hall–Kier alpha value is -0.570. The quantitative estimate of drug-likeness (QED) is 0.831. The lowest BCUT2D eigenvalue weighted by Gasteiger charge is -2.38. The number of aliphatic hydroxyl groups excluding tert-OH is 1. The van der Waals surface area contributed by atoms with Crippen molar-refractivity contribution < 1.29 is 9.90 Å². The van der Waals surface area contributed by atoms with E-state index >= 15 is 0 Å². The number of amides is 1. The average molecular weight is 281 g/mol. The molecule has 20 heavy (non-hydrogen) atoms. The Labute approximate surface area is 123 Å². The van der Waals surface area contributed by atoms with E-state index in [2.05, 4.69) is 19.2 Å². The SMILES string of the molecule is CC1(C)CCCCC1CC(=O)NC1CCC(CO)CC1. The molecule has 2 rings (SSSR count). The molecule has 0 spiro atoms. The van der Waals surface area contributed by atoms with Crippen molar-refractivity contribution in [2.45, 2.75) is 77.7 Å². The number of hydrogen-bond acceptors (Lipinski definition) is 2. The fraction of sp³-hybridized carbons (Fsp3) is 0.941. The molecule has 2 aliphatic rings. The van der Waals surface area contributed by atoms with Crippen LogP contribution in [0.2, 0.25) is 0 Å². The van der Waals surface area contributed by atoms with Crippen LogP contribution in [0.1, 0.15) is 71.6 Å². The monoisotopic (exact) mass is 281 g/mol. The van der Waals surface area contributed by atoms with Crippen LogP contribution in [0, 0.1) is 17.3 Å². The molecule has 1 unspecified atom stereocenters. The van der Waals surface area contributed by atoms with Crippen LogP contribution >= 0.6 is 0 Å². The molecule has 0 aliphatic heterocycles. The van der Waals surface area contributed by atoms with E-state index in [1.807, 2.05) is 0 Å². The number of nitrogens with one attached hydrogen (secondary N) is 1. The van der Waals surface area contributed by atoms with E-state index in [9.17, 15) is 4.79 Å². The second-order valence-electron chi connectivity index (χ2n) is 7.60. The van der Waals surface area contributed by atoms with E-state index in [4.69, 9.17) is 5.11 Å². The highest BCUT2D eigenvalue weighted by molar-refractivity contribution is 5.76. The maximum atomic E-state index is 12.3. The van der Waals surface area contributed by atoms with Crippen molar-refractivity contribution >= 4 is 5.91 Å². The second-order valence-corrected chi connectivity index (χ2v) is 7.60. The van der Waals surface area contributed by atoms with E-state index < -0.39 is 0 Å². The minimum atomic E-state index is 0.248. The van der Waals surface area contributed by atoms with Crippen LogP contribution in [0.3, 0.4) is 0 Å². The van der Waals surface area contributed by atoms with Gasteiger partial charge in [-0.1, -0.05) is 26.7 Å². The summed E-state index contributed by atoms with van der Waals surface area (Å²) in [6, 6.07) is 0.344. The van der Waals surface area contributed by atoms with E-state index in [-0.39, 0.29) is 5.91 Å². The molecule has 3 heteroatoms. The largest absolute Gasteiger partial charge is 0.396 e. The molecular formula is C17H31NO2. The van der Waals surface area contributed by atoms with Crippen molar-refractivity contribution in [1.29, 1.82) is 0 Å². The van der Waals surface area contributed by atoms with E-state index in [1.54, 1.807) is 0 Å². The minimum Gasteiger partial charge on any atom is -0.396 e. The first-order valence-corrected chi connectivity index (χ1v) is 8.41. The Balaban J connectivity index is 1.75. The summed E-state index contributed by atoms with van der Waals surface area (Å²) in [5.74, 6) is 1.25. The van der Waals surface area contributed by atoms with Gasteiger partial charge in [-0.25, -0.2) is 0 Å². The molecular weight excluding hydrogens is 250 g/mol. The van der Waals surface area contributed by atoms with Crippen molar-refractivity contribution in [3.8, 4) is 0 Å². The highest BCUT2D eigenvalue weighted by Crippen LogP contribution is 2.42. The first-order valence-electron chi connectivity index (χ1n) is 8.41. The van der Waals surface area contributed by atoms with Crippen LogP contribution in [0.5, 0.6) is 0 Å². The normalized spacial score (nSPS) is 33.6. The van der Waals surface area contributed by atoms with Crippen LogP contribution in [-0.4, -0.2) is 23.7 Å². The first-order chi connectivity index (χ1) is 9.51. The molecule has 0 radical (unpaired) electrons. The van der Waals surface area contributed by atoms with Crippen molar-refractivity contribution in [3.05, 3.63) is 0 Å². The Morgan fingerprint density at radius 3 is 2.45 bits per heavy atom. The van der Waals surface area contributed by atoms with E-state index in [0.717, 1.165) is 25.7 Å². The van der Waals surface area contributed by atoms with Gasteiger partial charge in [0.15, 0.2) is 0 Å². The van der Waals surface area contributed by atoms with Crippen molar-refractivity contribution in [3.63, 3.8) is 0 Å². The van der Waals surface area contributed by atoms with Gasteiger partial charge in [0, 0.05) is 19.1 Å². The molecule has 2 aliphatic carbocycles. The van der Waals surface area contributed by atoms with Gasteiger partial charge in [0.1, 0.15) is 0 Å². The summed E-state index contributed by atoms with van der Waals surface area (Å²) in [6.45, 7) is 4.93. The highest BCUT2D eigenvalue weighted by atomic mass is 16.3. The van der Waals surface area contributed by atoms with Gasteiger partial charge in [-0.15, -0.1) is 0 Å². The lowest BCUT2D eigenvalue weighted by atomic mass is 9.67. The molecule has 2 fully saturated rings. The van der Waals surface area contributed by atoms with Crippen molar-refractivity contribution in [2.24, 2.45) is 17.3 Å². The maximum Gasteiger partial charge on any atom is 0.220 e. The smallest absolute Gasteiger partial charge is 0.220 e. The third-order valence-corrected chi connectivity index (χ3v) is 5.63. The predicted molar refractivity (Wildman–Crippen MR) is 81.3 cm³/mol. The van der Waals surface area contributed by atoms with Gasteiger partial charge in [0.2, 0.25) is 5.91 Å². The number of hydrogen-bond donors (Lipinski definition) is 2. The lowest BCUT2D eigenvalue weighted by molar-refractivity contribution is -0.124. The van der Waals surface area contributed by atoms with E-state index in [1.165, 1.54) is 25.7 Å². The minimum absolute atomic E-state index is 0.248. The molecule has 116 valence electrons. The summed E-state index contributed by atoms with van der Waals surface area (Å²) < 4.78 is 0. The first kappa shape index (κ1) is 15.8. The molecule has 0 aromatic carbocycles. The van der Waals surface area contributed by atoms with Crippen LogP contribution in [0.4, 0.5) is 0 Å². The van der Waals surface area contributed by atoms with Crippen LogP contribution in [0.25, 0.3) is 0 Å². The molecule has 3 nitrogen and oxygen atoms in total. The summed E-state index contributed by atoms with van der Waals surface area (Å²) in [5.41, 5.74) is 0.324. The molecule has 1 amide bonds. The second kappa shape index (κ2) is 6.93. The third kappa shape index (κ3) is 4.21. The molecule has 0 bridgehead atoms. The Bertz CT molecular complexity index is 319. The molecule has 2 saturated carbocycles. The number of carbonyl (C=O) groups is 1. The lowest BCUT2D eigenvalue weighted by Crippen LogP contribution is -2.40. The maximum absolute atomic E-state index is 12.3. The fourth-order valence-corrected chi connectivity index (χ4v) is 3.94. The third-order valence-electron chi connectivity index (χ3n) is 5.63.